The minimum Gasteiger partial charge on any atom is -0.860 e. The van der Waals surface area contributed by atoms with Crippen molar-refractivity contribution >= 4 is 5.91 Å². The van der Waals surface area contributed by atoms with Gasteiger partial charge in [0.25, 0.3) is 0 Å². The third kappa shape index (κ3) is 3.78. The van der Waals surface area contributed by atoms with Gasteiger partial charge in [-0.25, -0.2) is 0 Å². The quantitative estimate of drug-likeness (QED) is 0.716. The van der Waals surface area contributed by atoms with Crippen molar-refractivity contribution in [3.63, 3.8) is 0 Å². The summed E-state index contributed by atoms with van der Waals surface area (Å²) in [6.07, 6.45) is 6.11. The average Bonchev–Trinajstić information content (AvgIpc) is 3.23. The third-order valence-electron chi connectivity index (χ3n) is 6.66. The van der Waals surface area contributed by atoms with Gasteiger partial charge in [-0.1, -0.05) is 51.1 Å². The van der Waals surface area contributed by atoms with E-state index >= 15 is 0 Å². The van der Waals surface area contributed by atoms with Crippen molar-refractivity contribution in [3.8, 4) is 0 Å². The summed E-state index contributed by atoms with van der Waals surface area (Å²) in [7, 11) is 0. The SMILES string of the molecule is CCC(CC)(CC)C(=O)N1C=CC2=C([O-])N(C(C)(C)C)C(c3ccccc3)C21.[Li+]. The first-order chi connectivity index (χ1) is 13.2. The topological polar surface area (TPSA) is 46.6 Å². The first kappa shape index (κ1) is 23.6. The van der Waals surface area contributed by atoms with E-state index in [1.54, 1.807) is 0 Å². The summed E-state index contributed by atoms with van der Waals surface area (Å²) < 4.78 is 0. The van der Waals surface area contributed by atoms with Crippen LogP contribution in [0, 0.1) is 5.41 Å². The molecule has 1 aromatic carbocycles. The average molecular weight is 388 g/mol. The molecule has 2 aliphatic heterocycles. The first-order valence-electron chi connectivity index (χ1n) is 10.5. The molecule has 3 rings (SSSR count). The van der Waals surface area contributed by atoms with Crippen LogP contribution in [0.2, 0.25) is 0 Å². The van der Waals surface area contributed by atoms with Gasteiger partial charge in [-0.2, -0.15) is 0 Å². The summed E-state index contributed by atoms with van der Waals surface area (Å²) in [5.41, 5.74) is 1.09. The molecule has 2 atom stereocenters. The number of benzene rings is 1. The maximum absolute atomic E-state index is 13.7. The number of rotatable bonds is 5. The zero-order valence-corrected chi connectivity index (χ0v) is 19.0. The van der Waals surface area contributed by atoms with Gasteiger partial charge >= 0.3 is 18.9 Å². The van der Waals surface area contributed by atoms with Crippen LogP contribution < -0.4 is 24.0 Å². The number of hydrogen-bond acceptors (Lipinski definition) is 3. The third-order valence-corrected chi connectivity index (χ3v) is 6.66. The van der Waals surface area contributed by atoms with E-state index in [1.807, 2.05) is 40.3 Å². The Labute approximate surface area is 187 Å². The second-order valence-electron chi connectivity index (χ2n) is 8.97. The van der Waals surface area contributed by atoms with Crippen LogP contribution in [0.25, 0.3) is 0 Å². The van der Waals surface area contributed by atoms with Gasteiger partial charge in [0.1, 0.15) is 0 Å². The molecule has 29 heavy (non-hydrogen) atoms. The molecule has 152 valence electrons. The van der Waals surface area contributed by atoms with Crippen molar-refractivity contribution < 1.29 is 28.8 Å². The predicted molar refractivity (Wildman–Crippen MR) is 111 cm³/mol. The molecule has 5 heteroatoms. The smallest absolute Gasteiger partial charge is 0.860 e. The van der Waals surface area contributed by atoms with Gasteiger partial charge in [0.2, 0.25) is 5.91 Å². The second kappa shape index (κ2) is 8.62. The Morgan fingerprint density at radius 3 is 2.03 bits per heavy atom. The molecular formula is C24H33LiN2O2. The molecule has 2 unspecified atom stereocenters. The summed E-state index contributed by atoms with van der Waals surface area (Å²) in [5, 5.41) is 13.3. The maximum atomic E-state index is 13.7. The van der Waals surface area contributed by atoms with Crippen molar-refractivity contribution in [2.75, 3.05) is 0 Å². The van der Waals surface area contributed by atoms with Crippen LogP contribution in [-0.2, 0) is 4.79 Å². The monoisotopic (exact) mass is 388 g/mol. The number of nitrogens with zero attached hydrogens (tertiary/aromatic N) is 2. The van der Waals surface area contributed by atoms with Crippen LogP contribution in [-0.4, -0.2) is 27.3 Å². The standard InChI is InChI=1S/C24H34N2O2.Li/c1-7-24(8-2,9-3)22(28)25-16-15-18-20(25)19(17-13-11-10-12-14-17)26(21(18)27)23(4,5)6;/h10-16,19-20,27H,7-9H2,1-6H3;/q;+1/p-1. The van der Waals surface area contributed by atoms with Gasteiger partial charge < -0.3 is 14.9 Å². The first-order valence-corrected chi connectivity index (χ1v) is 10.5. The molecule has 0 bridgehead atoms. The van der Waals surface area contributed by atoms with Crippen LogP contribution in [0.5, 0.6) is 0 Å². The van der Waals surface area contributed by atoms with Gasteiger partial charge in [0.15, 0.2) is 0 Å². The number of fused-ring (bicyclic) bond motifs is 1. The Balaban J connectivity index is 0.00000300. The minimum absolute atomic E-state index is 0. The van der Waals surface area contributed by atoms with E-state index < -0.39 is 0 Å². The Morgan fingerprint density at radius 2 is 1.55 bits per heavy atom. The summed E-state index contributed by atoms with van der Waals surface area (Å²) in [6, 6.07) is 9.68. The van der Waals surface area contributed by atoms with Gasteiger partial charge in [-0.15, -0.1) is 0 Å². The fourth-order valence-electron chi connectivity index (χ4n) is 4.80. The van der Waals surface area contributed by atoms with Crippen molar-refractivity contribution in [2.24, 2.45) is 5.41 Å². The van der Waals surface area contributed by atoms with E-state index in [1.165, 1.54) is 0 Å². The molecule has 2 heterocycles. The Morgan fingerprint density at radius 1 is 1.00 bits per heavy atom. The number of carbonyl (C=O) groups excluding carboxylic acids is 1. The largest absolute Gasteiger partial charge is 1.00 e. The number of amides is 1. The summed E-state index contributed by atoms with van der Waals surface area (Å²) in [6.45, 7) is 12.5. The molecule has 0 saturated heterocycles. The molecule has 0 radical (unpaired) electrons. The van der Waals surface area contributed by atoms with E-state index in [2.05, 4.69) is 53.7 Å². The summed E-state index contributed by atoms with van der Waals surface area (Å²) in [5.74, 6) is 0.175. The molecule has 0 saturated carbocycles. The Hall–Kier alpha value is -1.63. The predicted octanol–water partition coefficient (Wildman–Crippen LogP) is 1.36. The molecule has 0 spiro atoms. The van der Waals surface area contributed by atoms with E-state index in [9.17, 15) is 9.90 Å². The van der Waals surface area contributed by atoms with Gasteiger partial charge in [-0.05, 0) is 63.1 Å². The molecule has 0 aromatic heterocycles. The fourth-order valence-corrected chi connectivity index (χ4v) is 4.80. The van der Waals surface area contributed by atoms with E-state index in [0.29, 0.717) is 0 Å². The van der Waals surface area contributed by atoms with Crippen molar-refractivity contribution in [1.82, 2.24) is 9.80 Å². The van der Waals surface area contributed by atoms with E-state index in [4.69, 9.17) is 0 Å². The molecule has 0 fully saturated rings. The number of carbonyl (C=O) groups is 1. The second-order valence-corrected chi connectivity index (χ2v) is 8.97. The normalized spacial score (nSPS) is 21.4. The maximum Gasteiger partial charge on any atom is 1.00 e. The molecule has 1 aromatic rings. The van der Waals surface area contributed by atoms with Crippen molar-refractivity contribution in [3.05, 3.63) is 59.6 Å². The van der Waals surface area contributed by atoms with E-state index in [0.717, 1.165) is 30.4 Å². The van der Waals surface area contributed by atoms with Crippen LogP contribution in [0.1, 0.15) is 72.4 Å². The van der Waals surface area contributed by atoms with Crippen LogP contribution in [0.3, 0.4) is 0 Å². The number of hydrogen-bond donors (Lipinski definition) is 0. The van der Waals surface area contributed by atoms with Crippen LogP contribution in [0.15, 0.2) is 54.1 Å². The molecule has 2 aliphatic rings. The molecule has 0 aliphatic carbocycles. The minimum atomic E-state index is -0.376. The zero-order chi connectivity index (χ0) is 20.7. The Bertz CT molecular complexity index is 783. The summed E-state index contributed by atoms with van der Waals surface area (Å²) in [4.78, 5) is 17.5. The van der Waals surface area contributed by atoms with Gasteiger partial charge in [-0.3, -0.25) is 4.79 Å². The fraction of sp³-hybridized carbons (Fsp3) is 0.542. The van der Waals surface area contributed by atoms with E-state index in [-0.39, 0.29) is 53.7 Å². The van der Waals surface area contributed by atoms with Crippen molar-refractivity contribution in [1.29, 1.82) is 0 Å². The molecule has 1 amide bonds. The summed E-state index contributed by atoms with van der Waals surface area (Å²) >= 11 is 0. The molecular weight excluding hydrogens is 355 g/mol. The van der Waals surface area contributed by atoms with Crippen LogP contribution in [0.4, 0.5) is 0 Å². The van der Waals surface area contributed by atoms with Gasteiger partial charge in [0.05, 0.1) is 12.1 Å². The van der Waals surface area contributed by atoms with Crippen molar-refractivity contribution in [2.45, 2.75) is 78.4 Å². The zero-order valence-electron chi connectivity index (χ0n) is 19.0. The molecule has 4 nitrogen and oxygen atoms in total. The molecule has 0 N–H and O–H groups in total. The Kier molecular flexibility index (Phi) is 7.03. The van der Waals surface area contributed by atoms with Gasteiger partial charge in [0, 0.05) is 17.2 Å². The van der Waals surface area contributed by atoms with Crippen LogP contribution >= 0.6 is 0 Å².